The van der Waals surface area contributed by atoms with E-state index in [1.807, 2.05) is 18.7 Å². The third kappa shape index (κ3) is 4.93. The predicted molar refractivity (Wildman–Crippen MR) is 103 cm³/mol. The number of piperidine rings is 1. The molecule has 27 heavy (non-hydrogen) atoms. The quantitative estimate of drug-likeness (QED) is 0.797. The Labute approximate surface area is 161 Å². The molecule has 1 atom stereocenters. The zero-order chi connectivity index (χ0) is 19.4. The fraction of sp³-hybridized carbons (Fsp3) is 0.619. The van der Waals surface area contributed by atoms with Crippen LogP contribution in [0.4, 0.5) is 0 Å². The molecule has 2 aliphatic rings. The number of likely N-dealkylation sites (tertiary alicyclic amines) is 1. The largest absolute Gasteiger partial charge is 0.497 e. The van der Waals surface area contributed by atoms with Crippen LogP contribution in [0.25, 0.3) is 0 Å². The van der Waals surface area contributed by atoms with Crippen molar-refractivity contribution in [1.29, 1.82) is 0 Å². The molecule has 148 valence electrons. The average molecular weight is 374 g/mol. The molecular formula is C21H30N2O4. The SMILES string of the molecule is CCC(C)NC(=O)c1cc(OC)ccc1OC1CCN(C(=O)C2CC2)CC1. The summed E-state index contributed by atoms with van der Waals surface area (Å²) < 4.78 is 11.4. The van der Waals surface area contributed by atoms with E-state index in [1.165, 1.54) is 0 Å². The lowest BCUT2D eigenvalue weighted by Crippen LogP contribution is -2.42. The van der Waals surface area contributed by atoms with Crippen LogP contribution in [0.5, 0.6) is 11.5 Å². The van der Waals surface area contributed by atoms with Gasteiger partial charge in [0.15, 0.2) is 0 Å². The molecule has 1 saturated heterocycles. The molecule has 1 unspecified atom stereocenters. The van der Waals surface area contributed by atoms with Crippen LogP contribution in [0, 0.1) is 5.92 Å². The molecule has 2 fully saturated rings. The molecule has 3 rings (SSSR count). The smallest absolute Gasteiger partial charge is 0.255 e. The van der Waals surface area contributed by atoms with Crippen molar-refractivity contribution < 1.29 is 19.1 Å². The van der Waals surface area contributed by atoms with E-state index in [1.54, 1.807) is 25.3 Å². The van der Waals surface area contributed by atoms with E-state index in [0.717, 1.165) is 45.2 Å². The lowest BCUT2D eigenvalue weighted by molar-refractivity contribution is -0.134. The number of amides is 2. The molecule has 6 heteroatoms. The molecule has 6 nitrogen and oxygen atoms in total. The van der Waals surface area contributed by atoms with Gasteiger partial charge in [0.25, 0.3) is 5.91 Å². The van der Waals surface area contributed by atoms with Crippen LogP contribution in [-0.2, 0) is 4.79 Å². The Morgan fingerprint density at radius 1 is 1.22 bits per heavy atom. The molecule has 0 bridgehead atoms. The highest BCUT2D eigenvalue weighted by molar-refractivity contribution is 5.97. The Morgan fingerprint density at radius 2 is 1.93 bits per heavy atom. The molecule has 1 aliphatic carbocycles. The van der Waals surface area contributed by atoms with Crippen molar-refractivity contribution in [3.8, 4) is 11.5 Å². The first-order valence-electron chi connectivity index (χ1n) is 9.96. The number of hydrogen-bond acceptors (Lipinski definition) is 4. The molecule has 1 aromatic carbocycles. The van der Waals surface area contributed by atoms with Gasteiger partial charge < -0.3 is 19.7 Å². The van der Waals surface area contributed by atoms with Crippen LogP contribution in [0.2, 0.25) is 0 Å². The summed E-state index contributed by atoms with van der Waals surface area (Å²) in [5.74, 6) is 1.61. The molecule has 1 saturated carbocycles. The number of nitrogens with one attached hydrogen (secondary N) is 1. The van der Waals surface area contributed by atoms with Gasteiger partial charge in [0.05, 0.1) is 12.7 Å². The van der Waals surface area contributed by atoms with Gasteiger partial charge in [-0.3, -0.25) is 9.59 Å². The molecule has 2 amide bonds. The summed E-state index contributed by atoms with van der Waals surface area (Å²) in [5.41, 5.74) is 0.492. The number of nitrogens with zero attached hydrogens (tertiary/aromatic N) is 1. The summed E-state index contributed by atoms with van der Waals surface area (Å²) in [7, 11) is 1.58. The monoisotopic (exact) mass is 374 g/mol. The second-order valence-corrected chi connectivity index (χ2v) is 7.56. The lowest BCUT2D eigenvalue weighted by Gasteiger charge is -2.32. The van der Waals surface area contributed by atoms with E-state index in [0.29, 0.717) is 23.0 Å². The Balaban J connectivity index is 1.65. The lowest BCUT2D eigenvalue weighted by atomic mass is 10.1. The van der Waals surface area contributed by atoms with Crippen molar-refractivity contribution in [3.63, 3.8) is 0 Å². The van der Waals surface area contributed by atoms with Crippen LogP contribution >= 0.6 is 0 Å². The van der Waals surface area contributed by atoms with Gasteiger partial charge in [0.2, 0.25) is 5.91 Å². The van der Waals surface area contributed by atoms with Crippen LogP contribution in [0.15, 0.2) is 18.2 Å². The summed E-state index contributed by atoms with van der Waals surface area (Å²) in [6.45, 7) is 5.46. The zero-order valence-corrected chi connectivity index (χ0v) is 16.5. The normalized spacial score (nSPS) is 18.7. The number of hydrogen-bond donors (Lipinski definition) is 1. The second-order valence-electron chi connectivity index (χ2n) is 7.56. The van der Waals surface area contributed by atoms with E-state index in [2.05, 4.69) is 5.32 Å². The Hall–Kier alpha value is -2.24. The van der Waals surface area contributed by atoms with Gasteiger partial charge in [-0.2, -0.15) is 0 Å². The van der Waals surface area contributed by atoms with Crippen molar-refractivity contribution in [3.05, 3.63) is 23.8 Å². The van der Waals surface area contributed by atoms with E-state index in [9.17, 15) is 9.59 Å². The summed E-state index contributed by atoms with van der Waals surface area (Å²) in [6.07, 6.45) is 4.52. The standard InChI is InChI=1S/C21H30N2O4/c1-4-14(2)22-20(24)18-13-17(26-3)7-8-19(18)27-16-9-11-23(12-10-16)21(25)15-5-6-15/h7-8,13-16H,4-6,9-12H2,1-3H3,(H,22,24). The third-order valence-corrected chi connectivity index (χ3v) is 5.40. The second kappa shape index (κ2) is 8.63. The van der Waals surface area contributed by atoms with E-state index in [4.69, 9.17) is 9.47 Å². The van der Waals surface area contributed by atoms with Crippen LogP contribution < -0.4 is 14.8 Å². The topological polar surface area (TPSA) is 67.9 Å². The number of carbonyl (C=O) groups is 2. The maximum absolute atomic E-state index is 12.7. The number of carbonyl (C=O) groups excluding carboxylic acids is 2. The first kappa shape index (κ1) is 19.5. The van der Waals surface area contributed by atoms with E-state index >= 15 is 0 Å². The molecule has 0 spiro atoms. The number of ether oxygens (including phenoxy) is 2. The fourth-order valence-electron chi connectivity index (χ4n) is 3.28. The number of benzene rings is 1. The van der Waals surface area contributed by atoms with Crippen LogP contribution in [0.1, 0.15) is 56.3 Å². The molecular weight excluding hydrogens is 344 g/mol. The summed E-state index contributed by atoms with van der Waals surface area (Å²) in [6, 6.07) is 5.42. The van der Waals surface area contributed by atoms with Crippen molar-refractivity contribution >= 4 is 11.8 Å². The highest BCUT2D eigenvalue weighted by atomic mass is 16.5. The molecule has 0 radical (unpaired) electrons. The predicted octanol–water partition coefficient (Wildman–Crippen LogP) is 3.00. The third-order valence-electron chi connectivity index (χ3n) is 5.40. The maximum atomic E-state index is 12.7. The van der Waals surface area contributed by atoms with Crippen molar-refractivity contribution in [2.24, 2.45) is 5.92 Å². The van der Waals surface area contributed by atoms with E-state index < -0.39 is 0 Å². The first-order chi connectivity index (χ1) is 13.0. The van der Waals surface area contributed by atoms with Crippen LogP contribution in [-0.4, -0.2) is 49.1 Å². The van der Waals surface area contributed by atoms with Crippen molar-refractivity contribution in [2.75, 3.05) is 20.2 Å². The van der Waals surface area contributed by atoms with Gasteiger partial charge >= 0.3 is 0 Å². The maximum Gasteiger partial charge on any atom is 0.255 e. The van der Waals surface area contributed by atoms with Crippen molar-refractivity contribution in [1.82, 2.24) is 10.2 Å². The Morgan fingerprint density at radius 3 is 2.52 bits per heavy atom. The minimum Gasteiger partial charge on any atom is -0.497 e. The summed E-state index contributed by atoms with van der Waals surface area (Å²) in [5, 5.41) is 2.99. The number of methoxy groups -OCH3 is 1. The van der Waals surface area contributed by atoms with Gasteiger partial charge in [0, 0.05) is 37.9 Å². The van der Waals surface area contributed by atoms with Gasteiger partial charge in [-0.25, -0.2) is 0 Å². The van der Waals surface area contributed by atoms with Crippen molar-refractivity contribution in [2.45, 2.75) is 58.1 Å². The van der Waals surface area contributed by atoms with Gasteiger partial charge in [0.1, 0.15) is 17.6 Å². The minimum absolute atomic E-state index is 0.0109. The molecule has 1 N–H and O–H groups in total. The summed E-state index contributed by atoms with van der Waals surface area (Å²) in [4.78, 5) is 26.8. The number of rotatable bonds is 7. The minimum atomic E-state index is -0.153. The Bertz CT molecular complexity index is 679. The molecule has 0 aromatic heterocycles. The zero-order valence-electron chi connectivity index (χ0n) is 16.5. The summed E-state index contributed by atoms with van der Waals surface area (Å²) >= 11 is 0. The Kier molecular flexibility index (Phi) is 6.24. The van der Waals surface area contributed by atoms with Gasteiger partial charge in [-0.1, -0.05) is 6.92 Å². The molecule has 1 heterocycles. The van der Waals surface area contributed by atoms with E-state index in [-0.39, 0.29) is 24.0 Å². The highest BCUT2D eigenvalue weighted by Gasteiger charge is 2.35. The molecule has 1 aromatic rings. The first-order valence-corrected chi connectivity index (χ1v) is 9.96. The average Bonchev–Trinajstić information content (AvgIpc) is 3.53. The van der Waals surface area contributed by atoms with Gasteiger partial charge in [-0.05, 0) is 44.4 Å². The van der Waals surface area contributed by atoms with Crippen LogP contribution in [0.3, 0.4) is 0 Å². The molecule has 1 aliphatic heterocycles. The fourth-order valence-corrected chi connectivity index (χ4v) is 3.28. The highest BCUT2D eigenvalue weighted by Crippen LogP contribution is 2.33. The van der Waals surface area contributed by atoms with Gasteiger partial charge in [-0.15, -0.1) is 0 Å².